The summed E-state index contributed by atoms with van der Waals surface area (Å²) < 4.78 is 80.6. The normalized spacial score (nSPS) is 18.3. The lowest BCUT2D eigenvalue weighted by atomic mass is 9.85. The third-order valence-electron chi connectivity index (χ3n) is 24.9. The minimum Gasteiger partial charge on any atom is -0.359 e. The summed E-state index contributed by atoms with van der Waals surface area (Å²) >= 11 is 0. The van der Waals surface area contributed by atoms with Gasteiger partial charge in [-0.2, -0.15) is 18.3 Å². The number of aryl methyl sites for hydroxylation is 6. The Hall–Kier alpha value is -13.1. The third-order valence-corrected chi connectivity index (χ3v) is 24.9. The molecule has 0 radical (unpaired) electrons. The van der Waals surface area contributed by atoms with Gasteiger partial charge in [-0.1, -0.05) is 76.9 Å². The van der Waals surface area contributed by atoms with E-state index in [0.717, 1.165) is 96.2 Å². The number of fused-ring (bicyclic) bond motifs is 1. The van der Waals surface area contributed by atoms with Crippen LogP contribution in [-0.2, 0) is 10.8 Å². The Morgan fingerprint density at radius 3 is 1.07 bits per heavy atom. The van der Waals surface area contributed by atoms with Crippen LogP contribution in [0.3, 0.4) is 0 Å². The Morgan fingerprint density at radius 1 is 0.357 bits per heavy atom. The molecule has 0 N–H and O–H groups in total. The third kappa shape index (κ3) is 19.2. The Morgan fingerprint density at radius 2 is 0.706 bits per heavy atom. The van der Waals surface area contributed by atoms with Gasteiger partial charge in [0.05, 0.1) is 30.2 Å². The van der Waals surface area contributed by atoms with E-state index < -0.39 is 20.9 Å². The first-order chi connectivity index (χ1) is 63.4. The van der Waals surface area contributed by atoms with E-state index in [1.54, 1.807) is 37.1 Å². The van der Waals surface area contributed by atoms with Gasteiger partial charge in [-0.25, -0.2) is 14.3 Å². The first-order valence-electron chi connectivity index (χ1n) is 48.2. The van der Waals surface area contributed by atoms with Crippen LogP contribution in [0.15, 0.2) is 251 Å². The van der Waals surface area contributed by atoms with Crippen molar-refractivity contribution in [3.05, 3.63) is 347 Å². The second kappa shape index (κ2) is 38.2. The molecular formula is C108H135N18+5. The smallest absolute Gasteiger partial charge is 0.300 e. The summed E-state index contributed by atoms with van der Waals surface area (Å²) in [6.07, 6.45) is 28.6. The highest BCUT2D eigenvalue weighted by Crippen LogP contribution is 2.41. The zero-order chi connectivity index (χ0) is 98.9. The summed E-state index contributed by atoms with van der Waals surface area (Å²) in [5, 5.41) is 1.18. The van der Waals surface area contributed by atoms with E-state index in [9.17, 15) is 0 Å². The van der Waals surface area contributed by atoms with Crippen molar-refractivity contribution >= 4 is 50.7 Å². The lowest BCUT2D eigenvalue weighted by Gasteiger charge is -2.34. The van der Waals surface area contributed by atoms with Crippen LogP contribution in [0.4, 0.5) is 39.8 Å². The minimum absolute atomic E-state index is 0.0309. The molecule has 5 atom stereocenters. The van der Waals surface area contributed by atoms with Crippen LogP contribution in [-0.4, -0.2) is 93.3 Å². The molecule has 0 fully saturated rings. The van der Waals surface area contributed by atoms with Crippen LogP contribution < -0.4 is 47.3 Å². The van der Waals surface area contributed by atoms with Crippen molar-refractivity contribution in [3.63, 3.8) is 0 Å². The molecular weight excluding hydrogens is 1550 g/mol. The number of nitrogens with zero attached hydrogens (tertiary/aromatic N) is 18. The van der Waals surface area contributed by atoms with Crippen LogP contribution in [0.1, 0.15) is 189 Å². The van der Waals surface area contributed by atoms with Crippen molar-refractivity contribution in [1.82, 2.24) is 29.5 Å². The second-order valence-electron chi connectivity index (χ2n) is 36.2. The van der Waals surface area contributed by atoms with Crippen LogP contribution in [0.25, 0.3) is 49.0 Å². The first kappa shape index (κ1) is 80.1. The summed E-state index contributed by atoms with van der Waals surface area (Å²) in [7, 11) is 0. The summed E-state index contributed by atoms with van der Waals surface area (Å²) in [5.74, 6) is 0.804. The molecule has 0 saturated carbocycles. The fraction of sp³-hybridized carbons (Fsp3) is 0.352. The molecule has 126 heavy (non-hydrogen) atoms. The average Bonchev–Trinajstić information content (AvgIpc) is 1.55. The fourth-order valence-electron chi connectivity index (χ4n) is 17.1. The quantitative estimate of drug-likeness (QED) is 0.0867. The van der Waals surface area contributed by atoms with Gasteiger partial charge in [-0.05, 0) is 180 Å². The molecule has 6 aromatic carbocycles. The molecule has 5 aromatic heterocycles. The Balaban J connectivity index is 0.000000152. The van der Waals surface area contributed by atoms with Gasteiger partial charge in [0.25, 0.3) is 5.82 Å². The predicted octanol–water partition coefficient (Wildman–Crippen LogP) is 21.9. The van der Waals surface area contributed by atoms with Gasteiger partial charge in [0.15, 0.2) is 52.7 Å². The molecule has 18 heteroatoms. The van der Waals surface area contributed by atoms with Crippen LogP contribution in [0.2, 0.25) is 0 Å². The molecule has 5 aliphatic heterocycles. The average molecular weight is 1690 g/mol. The zero-order valence-electron chi connectivity index (χ0n) is 87.8. The van der Waals surface area contributed by atoms with Gasteiger partial charge in [-0.15, -0.1) is 0 Å². The minimum atomic E-state index is -2.21. The number of hydrogen-bond acceptors (Lipinski definition) is 11. The highest BCUT2D eigenvalue weighted by Gasteiger charge is 2.35. The molecule has 0 amide bonds. The molecule has 16 rings (SSSR count). The van der Waals surface area contributed by atoms with E-state index in [0.29, 0.717) is 29.6 Å². The maximum atomic E-state index is 7.79. The molecule has 652 valence electrons. The Kier molecular flexibility index (Phi) is 24.3. The second-order valence-corrected chi connectivity index (χ2v) is 36.2. The molecule has 0 aliphatic carbocycles. The largest absolute Gasteiger partial charge is 0.359 e. The molecule has 0 unspecified atom stereocenters. The molecule has 0 saturated heterocycles. The van der Waals surface area contributed by atoms with Crippen molar-refractivity contribution in [1.29, 1.82) is 0 Å². The van der Waals surface area contributed by atoms with Crippen LogP contribution >= 0.6 is 0 Å². The summed E-state index contributed by atoms with van der Waals surface area (Å²) in [6.45, 7) is 64.0. The highest BCUT2D eigenvalue weighted by molar-refractivity contribution is 5.77. The van der Waals surface area contributed by atoms with Crippen molar-refractivity contribution in [3.8, 4) is 28.4 Å². The molecule has 0 bridgehead atoms. The van der Waals surface area contributed by atoms with Gasteiger partial charge in [0, 0.05) is 265 Å². The predicted molar refractivity (Wildman–Crippen MR) is 520 cm³/mol. The van der Waals surface area contributed by atoms with E-state index in [1.807, 2.05) is 116 Å². The SMILES string of the molecule is Cc1c(N2C=CN(C(C)C)[C@H]2C)cc(C(C)(C)C)cc1-[n+]1ccccc1C.[2H]C([2H])([2H])N1C=CN(c2cc(C(C)(C)C)cc(-[n+]3ccccc3C)c2C)[C@@H]1C.[2H]C([2H])([2H])N1C=CN(c2cc(C)cc(-[n+]3c(C)ccc4ccccc43)c2C)[C@@H]1C.[2H]C([2H])([2H])N1C=CN(c2cc([N+]#[C-])cc(-[n+]3cccnc3C)c2C)[C@@H]1C.[C-]#[N+]c1cc(N2C=CN(C(C)C)[C@H]2C)c(C)c(-[n+]2ccccc2C)c1. The van der Waals surface area contributed by atoms with Gasteiger partial charge in [0.1, 0.15) is 48.9 Å². The number of rotatable bonds is 12. The lowest BCUT2D eigenvalue weighted by molar-refractivity contribution is -0.606. The number of pyridine rings is 4. The van der Waals surface area contributed by atoms with E-state index >= 15 is 0 Å². The summed E-state index contributed by atoms with van der Waals surface area (Å²) in [4.78, 5) is 31.2. The monoisotopic (exact) mass is 1690 g/mol. The van der Waals surface area contributed by atoms with Crippen molar-refractivity contribution < 1.29 is 35.2 Å². The molecule has 5 aliphatic rings. The van der Waals surface area contributed by atoms with Gasteiger partial charge < -0.3 is 49.0 Å². The van der Waals surface area contributed by atoms with E-state index in [-0.39, 0.29) is 35.5 Å². The van der Waals surface area contributed by atoms with Gasteiger partial charge in [0.2, 0.25) is 28.3 Å². The lowest BCUT2D eigenvalue weighted by Crippen LogP contribution is -2.41. The maximum absolute atomic E-state index is 7.79. The van der Waals surface area contributed by atoms with Crippen molar-refractivity contribution in [2.75, 3.05) is 45.4 Å². The number of aromatic nitrogens is 6. The topological polar surface area (TPSA) is 73.4 Å². The number of para-hydroxylation sites is 1. The van der Waals surface area contributed by atoms with Gasteiger partial charge in [-0.3, -0.25) is 0 Å². The van der Waals surface area contributed by atoms with Crippen molar-refractivity contribution in [2.45, 2.75) is 234 Å². The van der Waals surface area contributed by atoms with E-state index in [4.69, 9.17) is 25.5 Å². The zero-order valence-corrected chi connectivity index (χ0v) is 78.8. The maximum Gasteiger partial charge on any atom is 0.300 e. The summed E-state index contributed by atoms with van der Waals surface area (Å²) in [5.41, 5.74) is 27.1. The summed E-state index contributed by atoms with van der Waals surface area (Å²) in [6, 6.07) is 55.2. The highest BCUT2D eigenvalue weighted by atomic mass is 15.4. The first-order valence-corrected chi connectivity index (χ1v) is 43.7. The number of benzene rings is 6. The number of anilines is 5. The van der Waals surface area contributed by atoms with Crippen LogP contribution in [0.5, 0.6) is 0 Å². The molecule has 10 heterocycles. The van der Waals surface area contributed by atoms with E-state index in [2.05, 4.69) is 349 Å². The fourth-order valence-corrected chi connectivity index (χ4v) is 17.1. The van der Waals surface area contributed by atoms with Crippen LogP contribution in [0, 0.1) is 89.3 Å². The Labute approximate surface area is 765 Å². The van der Waals surface area contributed by atoms with Crippen molar-refractivity contribution in [2.24, 2.45) is 0 Å². The molecule has 11 aromatic rings. The van der Waals surface area contributed by atoms with Gasteiger partial charge >= 0.3 is 0 Å². The number of hydrogen-bond donors (Lipinski definition) is 0. The standard InChI is InChI=1S/C24H34N3.C23H26N3.C22H30N3.C21H25N4.C18H20N5/c1-17(2)25-13-14-27(20(25)5)23-16-21(24(6,7)8)15-22(19(23)4)26-12-10-9-11-18(26)3;1-16-14-22(25-13-12-24(5)19(25)4)18(3)23(15-16)26-17(2)10-11-20-8-6-7-9-21(20)26;1-16-10-8-9-11-24(16)20-14-19(22(4,5)6)15-21(17(20)2)25-13-12-23(7)18(25)3;1-15(2)23-11-12-25(18(23)5)21-14-19(22-6)13-20(17(21)4)24-10-8-7-9-16(24)3;1-13-17(22-8-6-7-20-14(22)2)11-16(19-4)12-18(13)23-10-9-21(5)15(23)3/h9-17,20H,1-8H3;6-15,19H,1-5H3;8-15,18H,1-7H3;7-15,18H,1-5H3;6-12,15H,1-3,5H3/q5*+1/t20-;19-;2*18-;15-/m11111/s1/i;5D3;7D3;;5D3. The molecule has 18 nitrogen and oxygen atoms in total. The Bertz CT molecular complexity index is 6460. The van der Waals surface area contributed by atoms with E-state index in [1.165, 1.54) is 59.4 Å². The molecule has 0 spiro atoms.